The maximum absolute atomic E-state index is 14.2. The fourth-order valence-corrected chi connectivity index (χ4v) is 6.01. The zero-order valence-corrected chi connectivity index (χ0v) is 26.1. The molecule has 0 fully saturated rings. The lowest BCUT2D eigenvalue weighted by Crippen LogP contribution is -2.52. The molecule has 1 atom stereocenters. The van der Waals surface area contributed by atoms with Crippen LogP contribution in [0, 0.1) is 5.92 Å². The molecule has 0 bridgehead atoms. The van der Waals surface area contributed by atoms with Crippen LogP contribution in [0.1, 0.15) is 32.8 Å². The molecule has 0 saturated heterocycles. The minimum absolute atomic E-state index is 0.000578. The lowest BCUT2D eigenvalue weighted by atomic mass is 10.1. The Morgan fingerprint density at radius 3 is 2.21 bits per heavy atom. The van der Waals surface area contributed by atoms with Crippen molar-refractivity contribution in [3.63, 3.8) is 0 Å². The van der Waals surface area contributed by atoms with Crippen LogP contribution in [0.3, 0.4) is 0 Å². The lowest BCUT2D eigenvalue weighted by molar-refractivity contribution is -0.140. The van der Waals surface area contributed by atoms with Gasteiger partial charge in [0, 0.05) is 24.2 Å². The van der Waals surface area contributed by atoms with Crippen LogP contribution in [0.5, 0.6) is 11.5 Å². The summed E-state index contributed by atoms with van der Waals surface area (Å²) in [7, 11) is -1.40. The molecule has 11 heteroatoms. The number of ether oxygens (including phenoxy) is 2. The highest BCUT2D eigenvalue weighted by Gasteiger charge is 2.35. The van der Waals surface area contributed by atoms with Gasteiger partial charge >= 0.3 is 0 Å². The molecule has 3 aromatic rings. The molecule has 0 radical (unpaired) electrons. The molecule has 0 aliphatic rings. The number of carbonyl (C=O) groups excluding carboxylic acids is 2. The summed E-state index contributed by atoms with van der Waals surface area (Å²) in [5.41, 5.74) is 0.739. The molecule has 3 rings (SSSR count). The third-order valence-electron chi connectivity index (χ3n) is 6.63. The van der Waals surface area contributed by atoms with E-state index in [2.05, 4.69) is 5.32 Å². The highest BCUT2D eigenvalue weighted by Crippen LogP contribution is 2.36. The van der Waals surface area contributed by atoms with Crippen molar-refractivity contribution < 1.29 is 27.5 Å². The summed E-state index contributed by atoms with van der Waals surface area (Å²) in [6.07, 6.45) is 0.300. The zero-order chi connectivity index (χ0) is 30.9. The van der Waals surface area contributed by atoms with Crippen molar-refractivity contribution in [1.29, 1.82) is 0 Å². The molecular weight excluding hydrogens is 578 g/mol. The number of anilines is 1. The normalized spacial score (nSPS) is 12.0. The Hall–Kier alpha value is -3.76. The van der Waals surface area contributed by atoms with Crippen LogP contribution in [-0.2, 0) is 26.2 Å². The summed E-state index contributed by atoms with van der Waals surface area (Å²) in [6, 6.07) is 18.7. The Morgan fingerprint density at radius 1 is 0.952 bits per heavy atom. The molecule has 0 aromatic heterocycles. The molecule has 226 valence electrons. The first-order valence-corrected chi connectivity index (χ1v) is 15.5. The molecule has 1 N–H and O–H groups in total. The first kappa shape index (κ1) is 32.8. The highest BCUT2D eigenvalue weighted by atomic mass is 35.5. The standard InChI is InChI=1S/C31H38ClN3O6S/c1-6-27(31(37)33-19-22(2)3)34(20-23-12-10-11-15-26(23)32)30(36)21-35(42(38,39)25-13-8-7-9-14-25)28-18-24(40-4)16-17-29(28)41-5/h7-18,22,27H,6,19-21H2,1-5H3,(H,33,37)/t27-/m0/s1. The maximum Gasteiger partial charge on any atom is 0.264 e. The van der Waals surface area contributed by atoms with Gasteiger partial charge in [0.05, 0.1) is 24.8 Å². The van der Waals surface area contributed by atoms with Gasteiger partial charge in [-0.05, 0) is 48.2 Å². The number of hydrogen-bond donors (Lipinski definition) is 1. The van der Waals surface area contributed by atoms with E-state index in [9.17, 15) is 18.0 Å². The minimum atomic E-state index is -4.27. The predicted octanol–water partition coefficient (Wildman–Crippen LogP) is 5.13. The predicted molar refractivity (Wildman–Crippen MR) is 164 cm³/mol. The van der Waals surface area contributed by atoms with Gasteiger partial charge in [-0.15, -0.1) is 0 Å². The van der Waals surface area contributed by atoms with E-state index in [4.69, 9.17) is 21.1 Å². The van der Waals surface area contributed by atoms with E-state index >= 15 is 0 Å². The number of amides is 2. The second kappa shape index (κ2) is 14.9. The Labute approximate surface area is 253 Å². The molecule has 3 aromatic carbocycles. The Balaban J connectivity index is 2.13. The second-order valence-corrected chi connectivity index (χ2v) is 12.3. The van der Waals surface area contributed by atoms with E-state index in [1.165, 1.54) is 37.3 Å². The van der Waals surface area contributed by atoms with Gasteiger partial charge in [0.15, 0.2) is 0 Å². The van der Waals surface area contributed by atoms with Gasteiger partial charge in [-0.3, -0.25) is 13.9 Å². The number of halogens is 1. The van der Waals surface area contributed by atoms with Crippen LogP contribution in [0.25, 0.3) is 0 Å². The molecule has 0 aliphatic heterocycles. The van der Waals surface area contributed by atoms with Crippen LogP contribution in [0.4, 0.5) is 5.69 Å². The highest BCUT2D eigenvalue weighted by molar-refractivity contribution is 7.92. The zero-order valence-electron chi connectivity index (χ0n) is 24.5. The SMILES string of the molecule is CC[C@@H](C(=O)NCC(C)C)N(Cc1ccccc1Cl)C(=O)CN(c1cc(OC)ccc1OC)S(=O)(=O)c1ccccc1. The Morgan fingerprint density at radius 2 is 1.62 bits per heavy atom. The summed E-state index contributed by atoms with van der Waals surface area (Å²) in [4.78, 5) is 29.0. The van der Waals surface area contributed by atoms with E-state index in [1.54, 1.807) is 61.5 Å². The number of sulfonamides is 1. The van der Waals surface area contributed by atoms with Gasteiger partial charge in [0.2, 0.25) is 11.8 Å². The Bertz CT molecular complexity index is 1470. The van der Waals surface area contributed by atoms with Gasteiger partial charge in [-0.25, -0.2) is 8.42 Å². The van der Waals surface area contributed by atoms with Crippen molar-refractivity contribution in [3.05, 3.63) is 83.4 Å². The van der Waals surface area contributed by atoms with Crippen molar-refractivity contribution >= 4 is 39.1 Å². The van der Waals surface area contributed by atoms with Gasteiger partial charge in [0.1, 0.15) is 24.1 Å². The number of carbonyl (C=O) groups is 2. The molecular formula is C31H38ClN3O6S. The van der Waals surface area contributed by atoms with Crippen LogP contribution in [0.15, 0.2) is 77.7 Å². The van der Waals surface area contributed by atoms with E-state index in [-0.39, 0.29) is 34.7 Å². The van der Waals surface area contributed by atoms with Crippen LogP contribution in [-0.4, -0.2) is 58.5 Å². The third kappa shape index (κ3) is 7.95. The Kier molecular flexibility index (Phi) is 11.6. The lowest BCUT2D eigenvalue weighted by Gasteiger charge is -2.33. The largest absolute Gasteiger partial charge is 0.497 e. The number of rotatable bonds is 14. The molecule has 0 saturated carbocycles. The van der Waals surface area contributed by atoms with E-state index in [0.29, 0.717) is 29.3 Å². The summed E-state index contributed by atoms with van der Waals surface area (Å²) in [5.74, 6) is -0.124. The average Bonchev–Trinajstić information content (AvgIpc) is 2.99. The summed E-state index contributed by atoms with van der Waals surface area (Å²) in [6.45, 7) is 5.57. The smallest absolute Gasteiger partial charge is 0.264 e. The van der Waals surface area contributed by atoms with Gasteiger partial charge in [0.25, 0.3) is 10.0 Å². The quantitative estimate of drug-likeness (QED) is 0.270. The van der Waals surface area contributed by atoms with Crippen molar-refractivity contribution in [1.82, 2.24) is 10.2 Å². The first-order valence-electron chi connectivity index (χ1n) is 13.6. The van der Waals surface area contributed by atoms with Gasteiger partial charge < -0.3 is 19.7 Å². The molecule has 0 spiro atoms. The van der Waals surface area contributed by atoms with E-state index < -0.39 is 28.5 Å². The fraction of sp³-hybridized carbons (Fsp3) is 0.355. The van der Waals surface area contributed by atoms with Crippen LogP contribution < -0.4 is 19.1 Å². The molecule has 0 aliphatic carbocycles. The van der Waals surface area contributed by atoms with E-state index in [0.717, 1.165) is 4.31 Å². The topological polar surface area (TPSA) is 105 Å². The maximum atomic E-state index is 14.2. The number of nitrogens with zero attached hydrogens (tertiary/aromatic N) is 2. The molecule has 0 heterocycles. The van der Waals surface area contributed by atoms with Gasteiger partial charge in [-0.1, -0.05) is 68.8 Å². The summed E-state index contributed by atoms with van der Waals surface area (Å²) < 4.78 is 40.0. The molecule has 0 unspecified atom stereocenters. The number of nitrogens with one attached hydrogen (secondary N) is 1. The number of hydrogen-bond acceptors (Lipinski definition) is 6. The number of methoxy groups -OCH3 is 2. The van der Waals surface area contributed by atoms with Gasteiger partial charge in [-0.2, -0.15) is 0 Å². The average molecular weight is 616 g/mol. The third-order valence-corrected chi connectivity index (χ3v) is 8.78. The molecule has 42 heavy (non-hydrogen) atoms. The summed E-state index contributed by atoms with van der Waals surface area (Å²) >= 11 is 6.46. The van der Waals surface area contributed by atoms with Crippen molar-refractivity contribution in [2.24, 2.45) is 5.92 Å². The fourth-order valence-electron chi connectivity index (χ4n) is 4.38. The number of benzene rings is 3. The van der Waals surface area contributed by atoms with Crippen LogP contribution in [0.2, 0.25) is 5.02 Å². The van der Waals surface area contributed by atoms with Crippen LogP contribution >= 0.6 is 11.6 Å². The molecule has 9 nitrogen and oxygen atoms in total. The second-order valence-electron chi connectivity index (χ2n) is 10.0. The van der Waals surface area contributed by atoms with E-state index in [1.807, 2.05) is 13.8 Å². The summed E-state index contributed by atoms with van der Waals surface area (Å²) in [5, 5.41) is 3.34. The van der Waals surface area contributed by atoms with Crippen molar-refractivity contribution in [2.75, 3.05) is 31.6 Å². The molecule has 2 amide bonds. The van der Waals surface area contributed by atoms with Crippen molar-refractivity contribution in [2.45, 2.75) is 44.7 Å². The first-order chi connectivity index (χ1) is 20.0. The minimum Gasteiger partial charge on any atom is -0.497 e. The monoisotopic (exact) mass is 615 g/mol. The van der Waals surface area contributed by atoms with Crippen molar-refractivity contribution in [3.8, 4) is 11.5 Å².